The van der Waals surface area contributed by atoms with Gasteiger partial charge in [-0.1, -0.05) is 29.3 Å². The molecule has 0 atom stereocenters. The Morgan fingerprint density at radius 2 is 2.24 bits per heavy atom. The fourth-order valence-corrected chi connectivity index (χ4v) is 3.12. The van der Waals surface area contributed by atoms with E-state index in [1.54, 1.807) is 6.92 Å². The number of rotatable bonds is 6. The molecule has 1 heterocycles. The lowest BCUT2D eigenvalue weighted by atomic mass is 10.2. The zero-order valence-corrected chi connectivity index (χ0v) is 14.3. The van der Waals surface area contributed by atoms with E-state index in [2.05, 4.69) is 27.8 Å². The second-order valence-electron chi connectivity index (χ2n) is 4.58. The quantitative estimate of drug-likeness (QED) is 0.745. The van der Waals surface area contributed by atoms with Crippen LogP contribution in [-0.4, -0.2) is 22.7 Å². The first kappa shape index (κ1) is 16.0. The first-order valence-electron chi connectivity index (χ1n) is 6.66. The number of unbranched alkanes of at least 4 members (excludes halogenated alkanes) is 1. The third kappa shape index (κ3) is 3.83. The minimum atomic E-state index is -0.945. The monoisotopic (exact) mass is 369 g/mol. The molecule has 2 aromatic rings. The van der Waals surface area contributed by atoms with Crippen LogP contribution in [-0.2, 0) is 0 Å². The summed E-state index contributed by atoms with van der Waals surface area (Å²) in [5.41, 5.74) is 1.35. The number of halogens is 1. The van der Waals surface area contributed by atoms with Gasteiger partial charge >= 0.3 is 5.97 Å². The summed E-state index contributed by atoms with van der Waals surface area (Å²) in [5, 5.41) is 9.82. The Hall–Kier alpha value is -1.40. The van der Waals surface area contributed by atoms with E-state index in [0.717, 1.165) is 28.6 Å². The van der Waals surface area contributed by atoms with Crippen LogP contribution >= 0.6 is 27.3 Å². The second kappa shape index (κ2) is 7.04. The molecule has 0 fully saturated rings. The molecule has 1 aromatic heterocycles. The summed E-state index contributed by atoms with van der Waals surface area (Å²) < 4.78 is 6.70. The van der Waals surface area contributed by atoms with Gasteiger partial charge in [0.25, 0.3) is 0 Å². The molecule has 1 aromatic carbocycles. The highest BCUT2D eigenvalue weighted by Gasteiger charge is 2.18. The Labute approximate surface area is 135 Å². The lowest BCUT2D eigenvalue weighted by molar-refractivity contribution is 0.0701. The molecule has 112 valence electrons. The van der Waals surface area contributed by atoms with E-state index in [4.69, 9.17) is 9.84 Å². The summed E-state index contributed by atoms with van der Waals surface area (Å²) in [5.74, 6) is -0.211. The van der Waals surface area contributed by atoms with E-state index in [-0.39, 0.29) is 4.88 Å². The van der Waals surface area contributed by atoms with Crippen LogP contribution in [0, 0.1) is 6.92 Å². The summed E-state index contributed by atoms with van der Waals surface area (Å²) >= 11 is 4.61. The molecular weight excluding hydrogens is 354 g/mol. The molecule has 0 unspecified atom stereocenters. The third-order valence-electron chi connectivity index (χ3n) is 2.92. The van der Waals surface area contributed by atoms with Gasteiger partial charge in [0.1, 0.15) is 15.6 Å². The second-order valence-corrected chi connectivity index (χ2v) is 6.50. The van der Waals surface area contributed by atoms with Gasteiger partial charge in [-0.15, -0.1) is 11.3 Å². The average Bonchev–Trinajstić information content (AvgIpc) is 2.83. The standard InChI is InChI=1S/C15H16BrNO3S/c1-3-4-7-20-12-6-5-10(16)8-11(12)14-17-9(2)13(21-14)15(18)19/h5-6,8H,3-4,7H2,1-2H3,(H,18,19). The fourth-order valence-electron chi connectivity index (χ4n) is 1.83. The first-order chi connectivity index (χ1) is 10.0. The van der Waals surface area contributed by atoms with Crippen molar-refractivity contribution < 1.29 is 14.6 Å². The minimum Gasteiger partial charge on any atom is -0.493 e. The van der Waals surface area contributed by atoms with E-state index >= 15 is 0 Å². The zero-order valence-electron chi connectivity index (χ0n) is 11.9. The Bertz CT molecular complexity index is 654. The number of carbonyl (C=O) groups is 1. The van der Waals surface area contributed by atoms with Crippen molar-refractivity contribution in [2.24, 2.45) is 0 Å². The van der Waals surface area contributed by atoms with Crippen molar-refractivity contribution in [1.29, 1.82) is 0 Å². The van der Waals surface area contributed by atoms with Crippen LogP contribution in [0.3, 0.4) is 0 Å². The van der Waals surface area contributed by atoms with Crippen molar-refractivity contribution in [3.05, 3.63) is 33.2 Å². The number of carboxylic acid groups (broad SMARTS) is 1. The molecule has 0 bridgehead atoms. The predicted molar refractivity (Wildman–Crippen MR) is 87.3 cm³/mol. The molecule has 21 heavy (non-hydrogen) atoms. The highest BCUT2D eigenvalue weighted by Crippen LogP contribution is 2.36. The van der Waals surface area contributed by atoms with Gasteiger partial charge in [0.15, 0.2) is 0 Å². The molecule has 1 N–H and O–H groups in total. The van der Waals surface area contributed by atoms with Gasteiger partial charge in [0.05, 0.1) is 17.9 Å². The summed E-state index contributed by atoms with van der Waals surface area (Å²) in [6.07, 6.45) is 2.04. The van der Waals surface area contributed by atoms with E-state index in [1.807, 2.05) is 18.2 Å². The zero-order chi connectivity index (χ0) is 15.4. The van der Waals surface area contributed by atoms with E-state index in [1.165, 1.54) is 11.3 Å². The molecule has 0 saturated heterocycles. The van der Waals surface area contributed by atoms with E-state index in [9.17, 15) is 4.79 Å². The summed E-state index contributed by atoms with van der Waals surface area (Å²) in [6.45, 7) is 4.45. The largest absolute Gasteiger partial charge is 0.493 e. The minimum absolute atomic E-state index is 0.268. The van der Waals surface area contributed by atoms with Gasteiger partial charge in [-0.25, -0.2) is 9.78 Å². The Balaban J connectivity index is 2.39. The van der Waals surface area contributed by atoms with Crippen LogP contribution in [0.5, 0.6) is 5.75 Å². The van der Waals surface area contributed by atoms with Gasteiger partial charge in [-0.3, -0.25) is 0 Å². The number of hydrogen-bond acceptors (Lipinski definition) is 4. The van der Waals surface area contributed by atoms with Crippen LogP contribution in [0.1, 0.15) is 35.1 Å². The Morgan fingerprint density at radius 1 is 1.48 bits per heavy atom. The van der Waals surface area contributed by atoms with Crippen molar-refractivity contribution >= 4 is 33.2 Å². The van der Waals surface area contributed by atoms with Crippen LogP contribution in [0.2, 0.25) is 0 Å². The molecule has 4 nitrogen and oxygen atoms in total. The third-order valence-corrected chi connectivity index (χ3v) is 4.59. The highest BCUT2D eigenvalue weighted by molar-refractivity contribution is 9.10. The van der Waals surface area contributed by atoms with Crippen LogP contribution in [0.15, 0.2) is 22.7 Å². The first-order valence-corrected chi connectivity index (χ1v) is 8.27. The maximum atomic E-state index is 11.2. The molecule has 0 spiro atoms. The average molecular weight is 370 g/mol. The van der Waals surface area contributed by atoms with Gasteiger partial charge in [-0.05, 0) is 31.5 Å². The normalized spacial score (nSPS) is 10.6. The number of aromatic carboxylic acids is 1. The topological polar surface area (TPSA) is 59.4 Å². The van der Waals surface area contributed by atoms with Gasteiger partial charge in [0, 0.05) is 4.47 Å². The van der Waals surface area contributed by atoms with Crippen LogP contribution in [0.4, 0.5) is 0 Å². The predicted octanol–water partition coefficient (Wildman–Crippen LogP) is 4.76. The molecule has 2 rings (SSSR count). The van der Waals surface area contributed by atoms with Crippen molar-refractivity contribution in [2.45, 2.75) is 26.7 Å². The van der Waals surface area contributed by atoms with Crippen molar-refractivity contribution in [2.75, 3.05) is 6.61 Å². The van der Waals surface area contributed by atoms with Crippen molar-refractivity contribution in [3.63, 3.8) is 0 Å². The number of carboxylic acids is 1. The molecule has 0 aliphatic carbocycles. The molecule has 6 heteroatoms. The summed E-state index contributed by atoms with van der Waals surface area (Å²) in [7, 11) is 0. The number of nitrogens with zero attached hydrogens (tertiary/aromatic N) is 1. The van der Waals surface area contributed by atoms with E-state index < -0.39 is 5.97 Å². The number of ether oxygens (including phenoxy) is 1. The summed E-state index contributed by atoms with van der Waals surface area (Å²) in [4.78, 5) is 15.8. The Kier molecular flexibility index (Phi) is 5.36. The number of aryl methyl sites for hydroxylation is 1. The maximum Gasteiger partial charge on any atom is 0.347 e. The number of hydrogen-bond donors (Lipinski definition) is 1. The molecule has 0 amide bonds. The van der Waals surface area contributed by atoms with Gasteiger partial charge in [0.2, 0.25) is 0 Å². The van der Waals surface area contributed by atoms with Gasteiger partial charge in [-0.2, -0.15) is 0 Å². The molecular formula is C15H16BrNO3S. The number of benzene rings is 1. The Morgan fingerprint density at radius 3 is 2.86 bits per heavy atom. The van der Waals surface area contributed by atoms with Crippen LogP contribution in [0.25, 0.3) is 10.6 Å². The van der Waals surface area contributed by atoms with Crippen molar-refractivity contribution in [1.82, 2.24) is 4.98 Å². The maximum absolute atomic E-state index is 11.2. The highest BCUT2D eigenvalue weighted by atomic mass is 79.9. The smallest absolute Gasteiger partial charge is 0.347 e. The number of thiazole rings is 1. The molecule has 0 saturated carbocycles. The fraction of sp³-hybridized carbons (Fsp3) is 0.333. The number of aromatic nitrogens is 1. The van der Waals surface area contributed by atoms with E-state index in [0.29, 0.717) is 17.3 Å². The summed E-state index contributed by atoms with van der Waals surface area (Å²) in [6, 6.07) is 5.70. The lowest BCUT2D eigenvalue weighted by Gasteiger charge is -2.10. The van der Waals surface area contributed by atoms with Crippen molar-refractivity contribution in [3.8, 4) is 16.3 Å². The lowest BCUT2D eigenvalue weighted by Crippen LogP contribution is -1.98. The molecule has 0 aliphatic rings. The van der Waals surface area contributed by atoms with Crippen LogP contribution < -0.4 is 4.74 Å². The van der Waals surface area contributed by atoms with Gasteiger partial charge < -0.3 is 9.84 Å². The SMILES string of the molecule is CCCCOc1ccc(Br)cc1-c1nc(C)c(C(=O)O)s1. The molecule has 0 aliphatic heterocycles. The molecule has 0 radical (unpaired) electrons.